The van der Waals surface area contributed by atoms with Gasteiger partial charge in [-0.1, -0.05) is 19.1 Å². The third kappa shape index (κ3) is 4.54. The van der Waals surface area contributed by atoms with Gasteiger partial charge in [-0.3, -0.25) is 4.90 Å². The fourth-order valence-corrected chi connectivity index (χ4v) is 1.86. The number of phenols is 1. The van der Waals surface area contributed by atoms with Crippen LogP contribution in [-0.4, -0.2) is 29.0 Å². The first-order valence-electron chi connectivity index (χ1n) is 5.32. The van der Waals surface area contributed by atoms with Crippen LogP contribution in [0.1, 0.15) is 18.9 Å². The minimum atomic E-state index is 0.329. The Labute approximate surface area is 96.5 Å². The van der Waals surface area contributed by atoms with Crippen molar-refractivity contribution in [2.45, 2.75) is 19.9 Å². The van der Waals surface area contributed by atoms with Gasteiger partial charge in [0.15, 0.2) is 0 Å². The van der Waals surface area contributed by atoms with Crippen molar-refractivity contribution in [3.63, 3.8) is 0 Å². The molecule has 1 aromatic rings. The number of nitrogens with zero attached hydrogens (tertiary/aromatic N) is 1. The Balaban J connectivity index is 2.56. The molecule has 0 atom stereocenters. The van der Waals surface area contributed by atoms with Crippen LogP contribution in [-0.2, 0) is 6.54 Å². The van der Waals surface area contributed by atoms with Crippen molar-refractivity contribution < 1.29 is 5.11 Å². The molecular formula is C12H18ClNO. The van der Waals surface area contributed by atoms with Crippen LogP contribution in [0.3, 0.4) is 0 Å². The standard InChI is InChI=1S/C12H18ClNO/c1-2-7-14(8-6-13)10-11-4-3-5-12(15)9-11/h3-5,9,15H,2,6-8,10H2,1H3. The van der Waals surface area contributed by atoms with Crippen LogP contribution in [0.2, 0.25) is 0 Å². The minimum Gasteiger partial charge on any atom is -0.508 e. The highest BCUT2D eigenvalue weighted by molar-refractivity contribution is 6.18. The van der Waals surface area contributed by atoms with Crippen LogP contribution in [0, 0.1) is 0 Å². The van der Waals surface area contributed by atoms with E-state index < -0.39 is 0 Å². The number of alkyl halides is 1. The van der Waals surface area contributed by atoms with Crippen molar-refractivity contribution in [1.29, 1.82) is 0 Å². The molecule has 0 radical (unpaired) electrons. The molecule has 84 valence electrons. The van der Waals surface area contributed by atoms with Gasteiger partial charge in [-0.05, 0) is 30.7 Å². The average molecular weight is 228 g/mol. The van der Waals surface area contributed by atoms with E-state index in [1.165, 1.54) is 0 Å². The van der Waals surface area contributed by atoms with E-state index in [2.05, 4.69) is 11.8 Å². The lowest BCUT2D eigenvalue weighted by molar-refractivity contribution is 0.282. The lowest BCUT2D eigenvalue weighted by Crippen LogP contribution is -2.26. The van der Waals surface area contributed by atoms with Gasteiger partial charge in [0.2, 0.25) is 0 Å². The van der Waals surface area contributed by atoms with E-state index in [1.807, 2.05) is 12.1 Å². The fraction of sp³-hybridized carbons (Fsp3) is 0.500. The van der Waals surface area contributed by atoms with Crippen LogP contribution >= 0.6 is 11.6 Å². The summed E-state index contributed by atoms with van der Waals surface area (Å²) >= 11 is 5.74. The second-order valence-corrected chi connectivity index (χ2v) is 4.01. The highest BCUT2D eigenvalue weighted by atomic mass is 35.5. The molecule has 15 heavy (non-hydrogen) atoms. The van der Waals surface area contributed by atoms with Gasteiger partial charge in [-0.25, -0.2) is 0 Å². The maximum absolute atomic E-state index is 9.34. The Morgan fingerprint density at radius 3 is 2.73 bits per heavy atom. The molecule has 0 heterocycles. The molecule has 3 heteroatoms. The molecular weight excluding hydrogens is 210 g/mol. The maximum Gasteiger partial charge on any atom is 0.115 e. The topological polar surface area (TPSA) is 23.5 Å². The number of halogens is 1. The van der Waals surface area contributed by atoms with Gasteiger partial charge in [0.1, 0.15) is 5.75 Å². The van der Waals surface area contributed by atoms with Crippen molar-refractivity contribution >= 4 is 11.6 Å². The molecule has 0 spiro atoms. The highest BCUT2D eigenvalue weighted by Crippen LogP contribution is 2.13. The Hall–Kier alpha value is -0.730. The predicted octanol–water partition coefficient (Wildman–Crippen LogP) is 2.84. The number of phenolic OH excluding ortho intramolecular Hbond substituents is 1. The number of benzene rings is 1. The molecule has 0 aliphatic carbocycles. The van der Waals surface area contributed by atoms with E-state index in [0.29, 0.717) is 11.6 Å². The van der Waals surface area contributed by atoms with Crippen LogP contribution in [0.15, 0.2) is 24.3 Å². The fourth-order valence-electron chi connectivity index (χ4n) is 1.62. The Kier molecular flexibility index (Phi) is 5.51. The molecule has 1 aromatic carbocycles. The summed E-state index contributed by atoms with van der Waals surface area (Å²) in [5.41, 5.74) is 1.13. The average Bonchev–Trinajstić information content (AvgIpc) is 2.18. The number of rotatable bonds is 6. The second-order valence-electron chi connectivity index (χ2n) is 3.64. The zero-order valence-corrected chi connectivity index (χ0v) is 9.87. The van der Waals surface area contributed by atoms with Gasteiger partial charge < -0.3 is 5.11 Å². The van der Waals surface area contributed by atoms with Gasteiger partial charge in [0.25, 0.3) is 0 Å². The Bertz CT molecular complexity index is 285. The van der Waals surface area contributed by atoms with E-state index in [4.69, 9.17) is 11.6 Å². The van der Waals surface area contributed by atoms with Crippen molar-refractivity contribution in [3.05, 3.63) is 29.8 Å². The summed E-state index contributed by atoms with van der Waals surface area (Å²) in [6, 6.07) is 7.39. The lowest BCUT2D eigenvalue weighted by Gasteiger charge is -2.20. The lowest BCUT2D eigenvalue weighted by atomic mass is 10.2. The molecule has 0 fully saturated rings. The first-order valence-corrected chi connectivity index (χ1v) is 5.86. The van der Waals surface area contributed by atoms with Gasteiger partial charge in [-0.2, -0.15) is 0 Å². The third-order valence-electron chi connectivity index (χ3n) is 2.26. The van der Waals surface area contributed by atoms with Crippen molar-refractivity contribution in [2.24, 2.45) is 0 Å². The van der Waals surface area contributed by atoms with Crippen molar-refractivity contribution in [2.75, 3.05) is 19.0 Å². The molecule has 1 N–H and O–H groups in total. The third-order valence-corrected chi connectivity index (χ3v) is 2.43. The molecule has 1 rings (SSSR count). The minimum absolute atomic E-state index is 0.329. The van der Waals surface area contributed by atoms with Gasteiger partial charge in [0, 0.05) is 19.0 Å². The predicted molar refractivity (Wildman–Crippen MR) is 64.4 cm³/mol. The van der Waals surface area contributed by atoms with Gasteiger partial charge in [-0.15, -0.1) is 11.6 Å². The summed E-state index contributed by atoms with van der Waals surface area (Å²) in [5.74, 6) is 0.980. The number of hydrogen-bond donors (Lipinski definition) is 1. The first-order chi connectivity index (χ1) is 7.26. The number of aromatic hydroxyl groups is 1. The van der Waals surface area contributed by atoms with Gasteiger partial charge >= 0.3 is 0 Å². The van der Waals surface area contributed by atoms with Crippen LogP contribution in [0.5, 0.6) is 5.75 Å². The van der Waals surface area contributed by atoms with E-state index in [-0.39, 0.29) is 0 Å². The summed E-state index contributed by atoms with van der Waals surface area (Å²) < 4.78 is 0. The van der Waals surface area contributed by atoms with Gasteiger partial charge in [0.05, 0.1) is 0 Å². The smallest absolute Gasteiger partial charge is 0.115 e. The SMILES string of the molecule is CCCN(CCCl)Cc1cccc(O)c1. The van der Waals surface area contributed by atoms with Crippen LogP contribution in [0.4, 0.5) is 0 Å². The zero-order valence-electron chi connectivity index (χ0n) is 9.12. The van der Waals surface area contributed by atoms with E-state index in [9.17, 15) is 5.11 Å². The molecule has 0 amide bonds. The summed E-state index contributed by atoms with van der Waals surface area (Å²) in [5, 5.41) is 9.34. The summed E-state index contributed by atoms with van der Waals surface area (Å²) in [4.78, 5) is 2.29. The van der Waals surface area contributed by atoms with Crippen molar-refractivity contribution in [3.8, 4) is 5.75 Å². The summed E-state index contributed by atoms with van der Waals surface area (Å²) in [6.45, 7) is 4.95. The second kappa shape index (κ2) is 6.70. The largest absolute Gasteiger partial charge is 0.508 e. The van der Waals surface area contributed by atoms with E-state index in [1.54, 1.807) is 12.1 Å². The van der Waals surface area contributed by atoms with Crippen LogP contribution in [0.25, 0.3) is 0 Å². The molecule has 2 nitrogen and oxygen atoms in total. The zero-order chi connectivity index (χ0) is 11.1. The Morgan fingerprint density at radius 1 is 1.33 bits per heavy atom. The molecule has 0 unspecified atom stereocenters. The molecule has 0 aliphatic rings. The highest BCUT2D eigenvalue weighted by Gasteiger charge is 2.04. The van der Waals surface area contributed by atoms with E-state index >= 15 is 0 Å². The normalized spacial score (nSPS) is 10.9. The molecule has 0 bridgehead atoms. The molecule has 0 aliphatic heterocycles. The maximum atomic E-state index is 9.34. The molecule has 0 saturated carbocycles. The Morgan fingerprint density at radius 2 is 2.13 bits per heavy atom. The van der Waals surface area contributed by atoms with Crippen LogP contribution < -0.4 is 0 Å². The van der Waals surface area contributed by atoms with E-state index in [0.717, 1.165) is 31.6 Å². The summed E-state index contributed by atoms with van der Waals surface area (Å²) in [6.07, 6.45) is 1.12. The molecule has 0 aromatic heterocycles. The first kappa shape index (κ1) is 12.3. The summed E-state index contributed by atoms with van der Waals surface area (Å²) in [7, 11) is 0. The quantitative estimate of drug-likeness (QED) is 0.756. The monoisotopic (exact) mass is 227 g/mol. The number of hydrogen-bond acceptors (Lipinski definition) is 2. The molecule has 0 saturated heterocycles. The van der Waals surface area contributed by atoms with Crippen molar-refractivity contribution in [1.82, 2.24) is 4.90 Å².